The molecule has 1 N–H and O–H groups in total. The van der Waals surface area contributed by atoms with Gasteiger partial charge in [0.05, 0.1) is 11.0 Å². The van der Waals surface area contributed by atoms with Crippen LogP contribution in [0.5, 0.6) is 0 Å². The van der Waals surface area contributed by atoms with Crippen molar-refractivity contribution in [3.05, 3.63) is 30.1 Å². The van der Waals surface area contributed by atoms with Crippen LogP contribution in [-0.4, -0.2) is 46.7 Å². The highest BCUT2D eigenvalue weighted by Crippen LogP contribution is 2.25. The summed E-state index contributed by atoms with van der Waals surface area (Å²) in [6.07, 6.45) is 5.37. The van der Waals surface area contributed by atoms with Gasteiger partial charge in [-0.25, -0.2) is 4.98 Å². The Hall–Kier alpha value is -1.39. The van der Waals surface area contributed by atoms with Crippen LogP contribution in [0.2, 0.25) is 0 Å². The molecule has 4 rings (SSSR count). The van der Waals surface area contributed by atoms with Crippen molar-refractivity contribution in [2.24, 2.45) is 5.92 Å². The van der Waals surface area contributed by atoms with Gasteiger partial charge in [-0.2, -0.15) is 0 Å². The van der Waals surface area contributed by atoms with E-state index in [1.165, 1.54) is 57.4 Å². The van der Waals surface area contributed by atoms with Gasteiger partial charge < -0.3 is 9.88 Å². The van der Waals surface area contributed by atoms with Crippen LogP contribution in [0.4, 0.5) is 0 Å². The Bertz CT molecular complexity index is 656. The molecule has 0 saturated carbocycles. The van der Waals surface area contributed by atoms with Crippen molar-refractivity contribution in [2.45, 2.75) is 45.2 Å². The topological polar surface area (TPSA) is 33.1 Å². The number of fused-ring (bicyclic) bond motifs is 1. The zero-order chi connectivity index (χ0) is 15.6. The van der Waals surface area contributed by atoms with E-state index in [2.05, 4.69) is 46.0 Å². The van der Waals surface area contributed by atoms with Crippen molar-refractivity contribution in [1.29, 1.82) is 0 Å². The third-order valence-electron chi connectivity index (χ3n) is 5.69. The second-order valence-corrected chi connectivity index (χ2v) is 7.24. The molecule has 0 radical (unpaired) electrons. The smallest absolute Gasteiger partial charge is 0.106 e. The summed E-state index contributed by atoms with van der Waals surface area (Å²) in [5.41, 5.74) is 2.42. The molecule has 2 aliphatic heterocycles. The Morgan fingerprint density at radius 2 is 1.96 bits per heavy atom. The fraction of sp³-hybridized carbons (Fsp3) is 0.632. The predicted octanol–water partition coefficient (Wildman–Crippen LogP) is 2.81. The number of aryl methyl sites for hydroxylation is 1. The Morgan fingerprint density at radius 3 is 2.83 bits per heavy atom. The van der Waals surface area contributed by atoms with Gasteiger partial charge in [-0.3, -0.25) is 4.90 Å². The van der Waals surface area contributed by atoms with E-state index in [1.807, 2.05) is 0 Å². The summed E-state index contributed by atoms with van der Waals surface area (Å²) < 4.78 is 2.43. The third-order valence-corrected chi connectivity index (χ3v) is 5.69. The average molecular weight is 312 g/mol. The molecule has 4 heteroatoms. The molecule has 4 nitrogen and oxygen atoms in total. The van der Waals surface area contributed by atoms with E-state index in [4.69, 9.17) is 4.98 Å². The number of piperidine rings is 1. The van der Waals surface area contributed by atoms with Gasteiger partial charge in [0, 0.05) is 19.1 Å². The van der Waals surface area contributed by atoms with Gasteiger partial charge in [0.1, 0.15) is 5.82 Å². The summed E-state index contributed by atoms with van der Waals surface area (Å²) in [5.74, 6) is 2.04. The van der Waals surface area contributed by atoms with Gasteiger partial charge in [0.15, 0.2) is 0 Å². The second kappa shape index (κ2) is 6.62. The van der Waals surface area contributed by atoms with Gasteiger partial charge in [0.25, 0.3) is 0 Å². The Kier molecular flexibility index (Phi) is 4.36. The maximum absolute atomic E-state index is 4.73. The van der Waals surface area contributed by atoms with Crippen LogP contribution in [0.25, 0.3) is 11.0 Å². The van der Waals surface area contributed by atoms with Crippen LogP contribution >= 0.6 is 0 Å². The first kappa shape index (κ1) is 15.2. The lowest BCUT2D eigenvalue weighted by Gasteiger charge is -2.31. The molecule has 124 valence electrons. The summed E-state index contributed by atoms with van der Waals surface area (Å²) in [6, 6.07) is 9.22. The van der Waals surface area contributed by atoms with Gasteiger partial charge in [0.2, 0.25) is 0 Å². The Labute approximate surface area is 138 Å². The number of hydrogen-bond acceptors (Lipinski definition) is 3. The summed E-state index contributed by atoms with van der Waals surface area (Å²) >= 11 is 0. The molecule has 0 spiro atoms. The van der Waals surface area contributed by atoms with Gasteiger partial charge >= 0.3 is 0 Å². The van der Waals surface area contributed by atoms with E-state index in [1.54, 1.807) is 0 Å². The molecule has 2 aromatic rings. The fourth-order valence-corrected chi connectivity index (χ4v) is 4.38. The van der Waals surface area contributed by atoms with Crippen molar-refractivity contribution in [1.82, 2.24) is 19.8 Å². The quantitative estimate of drug-likeness (QED) is 0.942. The summed E-state index contributed by atoms with van der Waals surface area (Å²) in [7, 11) is 0. The molecule has 0 amide bonds. The van der Waals surface area contributed by atoms with E-state index in [9.17, 15) is 0 Å². The molecule has 2 fully saturated rings. The number of imidazole rings is 1. The van der Waals surface area contributed by atoms with Crippen molar-refractivity contribution < 1.29 is 0 Å². The predicted molar refractivity (Wildman–Crippen MR) is 94.7 cm³/mol. The first-order chi connectivity index (χ1) is 11.3. The zero-order valence-corrected chi connectivity index (χ0v) is 14.2. The number of nitrogens with zero attached hydrogens (tertiary/aromatic N) is 3. The molecule has 1 unspecified atom stereocenters. The van der Waals surface area contributed by atoms with Crippen LogP contribution in [-0.2, 0) is 6.54 Å². The molecule has 0 aliphatic carbocycles. The van der Waals surface area contributed by atoms with E-state index in [-0.39, 0.29) is 0 Å². The monoisotopic (exact) mass is 312 g/mol. The first-order valence-electron chi connectivity index (χ1n) is 9.18. The van der Waals surface area contributed by atoms with E-state index in [0.29, 0.717) is 6.04 Å². The minimum Gasteiger partial charge on any atom is -0.327 e. The number of para-hydroxylation sites is 2. The van der Waals surface area contributed by atoms with Crippen molar-refractivity contribution in [2.75, 3.05) is 26.2 Å². The first-order valence-corrected chi connectivity index (χ1v) is 9.18. The SMILES string of the molecule is Cc1nc2ccccc2n1CC1CCCN1CC1CCNCC1. The molecule has 1 atom stereocenters. The maximum atomic E-state index is 4.73. The molecule has 1 aromatic carbocycles. The lowest BCUT2D eigenvalue weighted by molar-refractivity contribution is 0.179. The van der Waals surface area contributed by atoms with Crippen LogP contribution < -0.4 is 5.32 Å². The number of hydrogen-bond donors (Lipinski definition) is 1. The van der Waals surface area contributed by atoms with Crippen LogP contribution in [0.15, 0.2) is 24.3 Å². The zero-order valence-electron chi connectivity index (χ0n) is 14.2. The van der Waals surface area contributed by atoms with Crippen molar-refractivity contribution in [3.63, 3.8) is 0 Å². The van der Waals surface area contributed by atoms with E-state index < -0.39 is 0 Å². The van der Waals surface area contributed by atoms with Crippen molar-refractivity contribution >= 4 is 11.0 Å². The van der Waals surface area contributed by atoms with Crippen LogP contribution in [0, 0.1) is 12.8 Å². The lowest BCUT2D eigenvalue weighted by atomic mass is 9.97. The van der Waals surface area contributed by atoms with Gasteiger partial charge in [-0.05, 0) is 70.3 Å². The normalized spacial score (nSPS) is 23.8. The largest absolute Gasteiger partial charge is 0.327 e. The number of rotatable bonds is 4. The maximum Gasteiger partial charge on any atom is 0.106 e. The Morgan fingerprint density at radius 1 is 1.13 bits per heavy atom. The summed E-state index contributed by atoms with van der Waals surface area (Å²) in [6.45, 7) is 8.21. The molecular formula is C19H28N4. The number of aromatic nitrogens is 2. The highest BCUT2D eigenvalue weighted by Gasteiger charge is 2.28. The molecule has 2 aliphatic rings. The molecule has 23 heavy (non-hydrogen) atoms. The van der Waals surface area contributed by atoms with Crippen molar-refractivity contribution in [3.8, 4) is 0 Å². The minimum absolute atomic E-state index is 0.682. The van der Waals surface area contributed by atoms with Gasteiger partial charge in [-0.1, -0.05) is 12.1 Å². The number of likely N-dealkylation sites (tertiary alicyclic amines) is 1. The third kappa shape index (κ3) is 3.15. The highest BCUT2D eigenvalue weighted by molar-refractivity contribution is 5.75. The molecular weight excluding hydrogens is 284 g/mol. The van der Waals surface area contributed by atoms with Crippen LogP contribution in [0.1, 0.15) is 31.5 Å². The van der Waals surface area contributed by atoms with Gasteiger partial charge in [-0.15, -0.1) is 0 Å². The molecule has 0 bridgehead atoms. The standard InChI is InChI=1S/C19H28N4/c1-15-21-18-6-2-3-7-19(18)23(15)14-17-5-4-12-22(17)13-16-8-10-20-11-9-16/h2-3,6-7,16-17,20H,4-5,8-14H2,1H3. The van der Waals surface area contributed by atoms with E-state index >= 15 is 0 Å². The highest BCUT2D eigenvalue weighted by atomic mass is 15.2. The summed E-state index contributed by atoms with van der Waals surface area (Å²) in [5, 5.41) is 3.48. The average Bonchev–Trinajstić information content (AvgIpc) is 3.14. The molecule has 1 aromatic heterocycles. The second-order valence-electron chi connectivity index (χ2n) is 7.24. The minimum atomic E-state index is 0.682. The fourth-order valence-electron chi connectivity index (χ4n) is 4.38. The van der Waals surface area contributed by atoms with E-state index in [0.717, 1.165) is 23.8 Å². The molecule has 2 saturated heterocycles. The molecule has 3 heterocycles. The Balaban J connectivity index is 1.49. The summed E-state index contributed by atoms with van der Waals surface area (Å²) in [4.78, 5) is 7.49. The number of nitrogens with one attached hydrogen (secondary N) is 1. The number of benzene rings is 1. The lowest BCUT2D eigenvalue weighted by Crippen LogP contribution is -2.40. The van der Waals surface area contributed by atoms with Crippen LogP contribution in [0.3, 0.4) is 0 Å².